The fourth-order valence-corrected chi connectivity index (χ4v) is 4.20. The molecule has 1 saturated heterocycles. The number of aldehydes is 1. The first kappa shape index (κ1) is 19.2. The topological polar surface area (TPSA) is 46.2 Å². The van der Waals surface area contributed by atoms with Gasteiger partial charge in [0, 0.05) is 18.1 Å². The summed E-state index contributed by atoms with van der Waals surface area (Å²) in [6.07, 6.45) is 11.1. The fraction of sp³-hybridized carbons (Fsp3) is 0.600. The van der Waals surface area contributed by atoms with Gasteiger partial charge in [0.2, 0.25) is 0 Å². The number of carbonyl (C=O) groups excluding carboxylic acids is 2. The van der Waals surface area contributed by atoms with E-state index >= 15 is 0 Å². The summed E-state index contributed by atoms with van der Waals surface area (Å²) in [6, 6.07) is 10.4. The molecule has 1 N–H and O–H groups in total. The zero-order chi connectivity index (χ0) is 17.0. The maximum absolute atomic E-state index is 12.1. The molecule has 0 saturated carbocycles. The highest BCUT2D eigenvalue weighted by atomic mass is 32.2. The fourth-order valence-electron chi connectivity index (χ4n) is 3.15. The number of rotatable bonds is 12. The summed E-state index contributed by atoms with van der Waals surface area (Å²) in [7, 11) is 0. The lowest BCUT2D eigenvalue weighted by molar-refractivity contribution is -0.124. The van der Waals surface area contributed by atoms with Gasteiger partial charge in [-0.15, -0.1) is 0 Å². The molecule has 0 bridgehead atoms. The first-order chi connectivity index (χ1) is 11.8. The van der Waals surface area contributed by atoms with Crippen LogP contribution in [0.2, 0.25) is 0 Å². The van der Waals surface area contributed by atoms with Crippen LogP contribution in [-0.2, 0) is 16.0 Å². The summed E-state index contributed by atoms with van der Waals surface area (Å²) < 4.78 is 3.08. The van der Waals surface area contributed by atoms with Crippen molar-refractivity contribution in [1.82, 2.24) is 4.72 Å². The van der Waals surface area contributed by atoms with E-state index in [0.29, 0.717) is 6.42 Å². The second kappa shape index (κ2) is 11.4. The summed E-state index contributed by atoms with van der Waals surface area (Å²) in [5.74, 6) is 0.801. The van der Waals surface area contributed by atoms with Gasteiger partial charge in [-0.1, -0.05) is 74.4 Å². The van der Waals surface area contributed by atoms with Crippen LogP contribution in [0.15, 0.2) is 30.3 Å². The van der Waals surface area contributed by atoms with Crippen molar-refractivity contribution in [3.8, 4) is 0 Å². The Hall–Kier alpha value is -1.13. The third-order valence-electron chi connectivity index (χ3n) is 4.67. The number of Topliss-reactive ketones (excluding diaryl/α,β-unsaturated/α-hetero) is 1. The van der Waals surface area contributed by atoms with E-state index in [2.05, 4.69) is 35.1 Å². The SMILES string of the molecule is O=C[C@@H]1CSNC1C(=O)CCCCCCCCCc1ccccc1. The summed E-state index contributed by atoms with van der Waals surface area (Å²) >= 11 is 1.49. The highest BCUT2D eigenvalue weighted by Gasteiger charge is 2.32. The molecule has 1 aliphatic heterocycles. The Morgan fingerprint density at radius 3 is 2.42 bits per heavy atom. The molecule has 1 heterocycles. The van der Waals surface area contributed by atoms with Crippen molar-refractivity contribution >= 4 is 24.0 Å². The summed E-state index contributed by atoms with van der Waals surface area (Å²) in [4.78, 5) is 23.0. The van der Waals surface area contributed by atoms with Crippen LogP contribution in [0.3, 0.4) is 0 Å². The molecule has 0 amide bonds. The number of hydrogen-bond donors (Lipinski definition) is 1. The standard InChI is InChI=1S/C20H29NO2S/c22-15-18-16-24-21-20(18)19(23)14-10-5-3-1-2-4-7-11-17-12-8-6-9-13-17/h6,8-9,12-13,15,18,20-21H,1-5,7,10-11,14,16H2/t18-,20?/m1/s1. The normalized spacial score (nSPS) is 20.2. The number of hydrogen-bond acceptors (Lipinski definition) is 4. The van der Waals surface area contributed by atoms with Crippen LogP contribution < -0.4 is 4.72 Å². The molecular weight excluding hydrogens is 318 g/mol. The molecule has 0 spiro atoms. The molecule has 24 heavy (non-hydrogen) atoms. The molecule has 2 rings (SSSR count). The molecule has 3 nitrogen and oxygen atoms in total. The second-order valence-electron chi connectivity index (χ2n) is 6.63. The highest BCUT2D eigenvalue weighted by Crippen LogP contribution is 2.21. The van der Waals surface area contributed by atoms with Crippen molar-refractivity contribution in [3.05, 3.63) is 35.9 Å². The van der Waals surface area contributed by atoms with Gasteiger partial charge in [-0.25, -0.2) is 0 Å². The molecule has 1 aromatic rings. The number of unbranched alkanes of at least 4 members (excludes halogenated alkanes) is 6. The summed E-state index contributed by atoms with van der Waals surface area (Å²) in [5, 5.41) is 0. The largest absolute Gasteiger partial charge is 0.303 e. The minimum atomic E-state index is -0.245. The van der Waals surface area contributed by atoms with Gasteiger partial charge in [0.25, 0.3) is 0 Å². The Kier molecular flexibility index (Phi) is 9.14. The van der Waals surface area contributed by atoms with Crippen LogP contribution in [0, 0.1) is 5.92 Å². The second-order valence-corrected chi connectivity index (χ2v) is 7.49. The monoisotopic (exact) mass is 347 g/mol. The Labute approximate surface area is 150 Å². The van der Waals surface area contributed by atoms with Gasteiger partial charge in [0.05, 0.1) is 6.04 Å². The molecule has 0 aromatic heterocycles. The van der Waals surface area contributed by atoms with Crippen molar-refractivity contribution in [2.45, 2.75) is 63.8 Å². The predicted molar refractivity (Wildman–Crippen MR) is 101 cm³/mol. The Balaban J connectivity index is 1.43. The van der Waals surface area contributed by atoms with Crippen molar-refractivity contribution in [2.24, 2.45) is 5.92 Å². The number of nitrogens with one attached hydrogen (secondary N) is 1. The van der Waals surface area contributed by atoms with Crippen LogP contribution in [0.25, 0.3) is 0 Å². The van der Waals surface area contributed by atoms with E-state index in [0.717, 1.165) is 24.9 Å². The summed E-state index contributed by atoms with van der Waals surface area (Å²) in [6.45, 7) is 0. The molecule has 0 aliphatic carbocycles. The quantitative estimate of drug-likeness (QED) is 0.347. The van der Waals surface area contributed by atoms with Gasteiger partial charge in [-0.2, -0.15) is 0 Å². The van der Waals surface area contributed by atoms with E-state index in [1.807, 2.05) is 0 Å². The summed E-state index contributed by atoms with van der Waals surface area (Å²) in [5.41, 5.74) is 1.43. The van der Waals surface area contributed by atoms with Gasteiger partial charge in [0.1, 0.15) is 6.29 Å². The minimum absolute atomic E-state index is 0.132. The van der Waals surface area contributed by atoms with Gasteiger partial charge in [-0.3, -0.25) is 9.52 Å². The van der Waals surface area contributed by atoms with Crippen molar-refractivity contribution in [2.75, 3.05) is 5.75 Å². The molecule has 1 unspecified atom stereocenters. The lowest BCUT2D eigenvalue weighted by Crippen LogP contribution is -2.35. The number of ketones is 1. The number of benzene rings is 1. The average molecular weight is 348 g/mol. The Morgan fingerprint density at radius 1 is 1.04 bits per heavy atom. The first-order valence-corrected chi connectivity index (χ1v) is 10.2. The van der Waals surface area contributed by atoms with Crippen LogP contribution in [-0.4, -0.2) is 23.9 Å². The third-order valence-corrected chi connectivity index (χ3v) is 5.64. The van der Waals surface area contributed by atoms with E-state index in [9.17, 15) is 9.59 Å². The lowest BCUT2D eigenvalue weighted by atomic mass is 9.96. The number of aryl methyl sites for hydroxylation is 1. The van der Waals surface area contributed by atoms with Gasteiger partial charge in [0.15, 0.2) is 5.78 Å². The van der Waals surface area contributed by atoms with Crippen LogP contribution in [0.4, 0.5) is 0 Å². The molecule has 1 aliphatic rings. The molecular formula is C20H29NO2S. The third kappa shape index (κ3) is 6.78. The molecule has 0 radical (unpaired) electrons. The van der Waals surface area contributed by atoms with E-state index < -0.39 is 0 Å². The number of carbonyl (C=O) groups is 2. The average Bonchev–Trinajstić information content (AvgIpc) is 3.10. The van der Waals surface area contributed by atoms with E-state index in [1.54, 1.807) is 0 Å². The van der Waals surface area contributed by atoms with Crippen LogP contribution in [0.1, 0.15) is 56.9 Å². The van der Waals surface area contributed by atoms with Crippen molar-refractivity contribution in [3.63, 3.8) is 0 Å². The minimum Gasteiger partial charge on any atom is -0.303 e. The zero-order valence-corrected chi connectivity index (χ0v) is 15.2. The van der Waals surface area contributed by atoms with E-state index in [1.165, 1.54) is 56.0 Å². The van der Waals surface area contributed by atoms with Gasteiger partial charge < -0.3 is 4.79 Å². The van der Waals surface area contributed by atoms with Crippen molar-refractivity contribution < 1.29 is 9.59 Å². The predicted octanol–water partition coefficient (Wildman–Crippen LogP) is 4.35. The first-order valence-electron chi connectivity index (χ1n) is 9.20. The van der Waals surface area contributed by atoms with Crippen molar-refractivity contribution in [1.29, 1.82) is 0 Å². The van der Waals surface area contributed by atoms with Crippen LogP contribution >= 0.6 is 11.9 Å². The highest BCUT2D eigenvalue weighted by molar-refractivity contribution is 7.97. The smallest absolute Gasteiger partial charge is 0.151 e. The Morgan fingerprint density at radius 2 is 1.71 bits per heavy atom. The molecule has 4 heteroatoms. The van der Waals surface area contributed by atoms with E-state index in [-0.39, 0.29) is 17.7 Å². The lowest BCUT2D eigenvalue weighted by Gasteiger charge is -2.11. The Bertz CT molecular complexity index is 492. The molecule has 1 aromatic carbocycles. The van der Waals surface area contributed by atoms with Gasteiger partial charge in [-0.05, 0) is 24.8 Å². The molecule has 132 valence electrons. The van der Waals surface area contributed by atoms with Crippen LogP contribution in [0.5, 0.6) is 0 Å². The maximum Gasteiger partial charge on any atom is 0.151 e. The van der Waals surface area contributed by atoms with E-state index in [4.69, 9.17) is 0 Å². The molecule has 2 atom stereocenters. The van der Waals surface area contributed by atoms with Gasteiger partial charge >= 0.3 is 0 Å². The molecule has 1 fully saturated rings. The zero-order valence-electron chi connectivity index (χ0n) is 14.4. The maximum atomic E-state index is 12.1.